The molecule has 2 rings (SSSR count). The van der Waals surface area contributed by atoms with Crippen molar-refractivity contribution in [3.63, 3.8) is 0 Å². The number of H-pyrrole nitrogens is 1. The molecular weight excluding hydrogens is 188 g/mol. The number of hydrogen-bond donors (Lipinski definition) is 3. The van der Waals surface area contributed by atoms with Crippen molar-refractivity contribution >= 4 is 10.9 Å². The van der Waals surface area contributed by atoms with Gasteiger partial charge in [0.25, 0.3) is 0 Å². The highest BCUT2D eigenvalue weighted by Crippen LogP contribution is 2.22. The fourth-order valence-electron chi connectivity index (χ4n) is 1.76. The van der Waals surface area contributed by atoms with Crippen molar-refractivity contribution in [3.8, 4) is 0 Å². The summed E-state index contributed by atoms with van der Waals surface area (Å²) in [6.07, 6.45) is 0.105. The summed E-state index contributed by atoms with van der Waals surface area (Å²) < 4.78 is 0. The number of hydrogen-bond acceptors (Lipinski definition) is 2. The molecule has 0 spiro atoms. The third-order valence-corrected chi connectivity index (χ3v) is 2.60. The van der Waals surface area contributed by atoms with Gasteiger partial charge in [-0.15, -0.1) is 0 Å². The topological polar surface area (TPSA) is 62.0 Å². The monoisotopic (exact) mass is 204 g/mol. The van der Waals surface area contributed by atoms with Gasteiger partial charge in [-0.25, -0.2) is 0 Å². The number of nitrogens with two attached hydrogens (primary N) is 1. The van der Waals surface area contributed by atoms with E-state index in [-0.39, 0.29) is 0 Å². The first kappa shape index (κ1) is 10.2. The Morgan fingerprint density at radius 3 is 2.93 bits per heavy atom. The van der Waals surface area contributed by atoms with Crippen LogP contribution in [0.15, 0.2) is 24.3 Å². The molecule has 0 aliphatic rings. The molecule has 3 heteroatoms. The smallest absolute Gasteiger partial charge is 0.0950 e. The molecule has 80 valence electrons. The molecule has 0 aliphatic heterocycles. The Bertz CT molecular complexity index is 462. The van der Waals surface area contributed by atoms with Gasteiger partial charge in [-0.05, 0) is 43.0 Å². The predicted molar refractivity (Wildman–Crippen MR) is 61.7 cm³/mol. The molecule has 0 saturated heterocycles. The third-order valence-electron chi connectivity index (χ3n) is 2.60. The first-order valence-corrected chi connectivity index (χ1v) is 5.18. The zero-order valence-corrected chi connectivity index (χ0v) is 8.83. The van der Waals surface area contributed by atoms with Crippen molar-refractivity contribution in [1.29, 1.82) is 0 Å². The molecule has 3 nitrogen and oxygen atoms in total. The maximum absolute atomic E-state index is 9.78. The van der Waals surface area contributed by atoms with E-state index in [9.17, 15) is 5.11 Å². The number of aliphatic hydroxyl groups is 1. The van der Waals surface area contributed by atoms with Crippen LogP contribution in [0.2, 0.25) is 0 Å². The standard InChI is InChI=1S/C12H16N2O/c1-8-2-3-9-7-11(12(15)4-5-13)14-10(9)6-8/h2-3,6-7,12,14-15H,4-5,13H2,1H3. The van der Waals surface area contributed by atoms with E-state index in [4.69, 9.17) is 5.73 Å². The third kappa shape index (κ3) is 2.03. The minimum absolute atomic E-state index is 0.484. The molecule has 0 saturated carbocycles. The fourth-order valence-corrected chi connectivity index (χ4v) is 1.76. The van der Waals surface area contributed by atoms with Crippen molar-refractivity contribution in [2.24, 2.45) is 5.73 Å². The van der Waals surface area contributed by atoms with Crippen molar-refractivity contribution in [3.05, 3.63) is 35.5 Å². The van der Waals surface area contributed by atoms with Gasteiger partial charge in [0.15, 0.2) is 0 Å². The van der Waals surface area contributed by atoms with Crippen LogP contribution in [0.4, 0.5) is 0 Å². The lowest BCUT2D eigenvalue weighted by Crippen LogP contribution is -2.06. The SMILES string of the molecule is Cc1ccc2cc(C(O)CCN)[nH]c2c1. The van der Waals surface area contributed by atoms with E-state index >= 15 is 0 Å². The molecule has 0 bridgehead atoms. The van der Waals surface area contributed by atoms with Gasteiger partial charge < -0.3 is 15.8 Å². The molecule has 1 unspecified atom stereocenters. The molecule has 0 aliphatic carbocycles. The van der Waals surface area contributed by atoms with Crippen molar-refractivity contribution in [2.75, 3.05) is 6.54 Å². The Balaban J connectivity index is 2.38. The van der Waals surface area contributed by atoms with Gasteiger partial charge in [0.05, 0.1) is 6.10 Å². The molecule has 1 atom stereocenters. The maximum atomic E-state index is 9.78. The second-order valence-corrected chi connectivity index (χ2v) is 3.91. The van der Waals surface area contributed by atoms with Crippen molar-refractivity contribution in [2.45, 2.75) is 19.4 Å². The number of aromatic nitrogens is 1. The molecule has 0 fully saturated rings. The van der Waals surface area contributed by atoms with Gasteiger partial charge >= 0.3 is 0 Å². The van der Waals surface area contributed by atoms with E-state index < -0.39 is 6.10 Å². The van der Waals surface area contributed by atoms with Crippen LogP contribution in [0.3, 0.4) is 0 Å². The zero-order valence-electron chi connectivity index (χ0n) is 8.83. The highest BCUT2D eigenvalue weighted by Gasteiger charge is 2.09. The summed E-state index contributed by atoms with van der Waals surface area (Å²) in [5.41, 5.74) is 8.54. The molecule has 15 heavy (non-hydrogen) atoms. The van der Waals surface area contributed by atoms with Crippen LogP contribution >= 0.6 is 0 Å². The first-order chi connectivity index (χ1) is 7.20. The Morgan fingerprint density at radius 2 is 2.20 bits per heavy atom. The normalized spacial score (nSPS) is 13.3. The molecule has 1 heterocycles. The van der Waals surface area contributed by atoms with Crippen LogP contribution in [-0.2, 0) is 0 Å². The van der Waals surface area contributed by atoms with Crippen LogP contribution in [0, 0.1) is 6.92 Å². The number of benzene rings is 1. The van der Waals surface area contributed by atoms with Gasteiger partial charge in [-0.3, -0.25) is 0 Å². The highest BCUT2D eigenvalue weighted by atomic mass is 16.3. The lowest BCUT2D eigenvalue weighted by atomic mass is 10.1. The number of rotatable bonds is 3. The Labute approximate surface area is 88.9 Å². The summed E-state index contributed by atoms with van der Waals surface area (Å²) in [5, 5.41) is 10.9. The average Bonchev–Trinajstić information content (AvgIpc) is 2.60. The number of aromatic amines is 1. The van der Waals surface area contributed by atoms with E-state index in [1.54, 1.807) is 0 Å². The van der Waals surface area contributed by atoms with E-state index in [0.717, 1.165) is 16.6 Å². The van der Waals surface area contributed by atoms with Gasteiger partial charge in [0, 0.05) is 11.2 Å². The average molecular weight is 204 g/mol. The van der Waals surface area contributed by atoms with Gasteiger partial charge in [-0.2, -0.15) is 0 Å². The zero-order chi connectivity index (χ0) is 10.8. The molecular formula is C12H16N2O. The van der Waals surface area contributed by atoms with E-state index in [0.29, 0.717) is 13.0 Å². The largest absolute Gasteiger partial charge is 0.387 e. The lowest BCUT2D eigenvalue weighted by molar-refractivity contribution is 0.166. The summed E-state index contributed by atoms with van der Waals surface area (Å²) in [4.78, 5) is 3.22. The minimum atomic E-state index is -0.484. The number of aryl methyl sites for hydroxylation is 1. The second-order valence-electron chi connectivity index (χ2n) is 3.91. The van der Waals surface area contributed by atoms with Crippen LogP contribution in [0.5, 0.6) is 0 Å². The van der Waals surface area contributed by atoms with Gasteiger partial charge in [-0.1, -0.05) is 12.1 Å². The molecule has 2 aromatic rings. The first-order valence-electron chi connectivity index (χ1n) is 5.18. The molecule has 1 aromatic heterocycles. The highest BCUT2D eigenvalue weighted by molar-refractivity contribution is 5.81. The van der Waals surface area contributed by atoms with Crippen LogP contribution < -0.4 is 5.73 Å². The molecule has 0 radical (unpaired) electrons. The summed E-state index contributed by atoms with van der Waals surface area (Å²) >= 11 is 0. The number of fused-ring (bicyclic) bond motifs is 1. The second kappa shape index (κ2) is 4.04. The van der Waals surface area contributed by atoms with Crippen molar-refractivity contribution in [1.82, 2.24) is 4.98 Å². The molecule has 4 N–H and O–H groups in total. The molecule has 0 amide bonds. The summed E-state index contributed by atoms with van der Waals surface area (Å²) in [6, 6.07) is 8.18. The Kier molecular flexibility index (Phi) is 2.75. The fraction of sp³-hybridized carbons (Fsp3) is 0.333. The van der Waals surface area contributed by atoms with E-state index in [1.807, 2.05) is 6.07 Å². The summed E-state index contributed by atoms with van der Waals surface area (Å²) in [5.74, 6) is 0. The summed E-state index contributed by atoms with van der Waals surface area (Å²) in [7, 11) is 0. The van der Waals surface area contributed by atoms with Gasteiger partial charge in [0.1, 0.15) is 0 Å². The lowest BCUT2D eigenvalue weighted by Gasteiger charge is -2.05. The maximum Gasteiger partial charge on any atom is 0.0950 e. The Morgan fingerprint density at radius 1 is 1.40 bits per heavy atom. The quantitative estimate of drug-likeness (QED) is 0.714. The van der Waals surface area contributed by atoms with Crippen LogP contribution in [0.1, 0.15) is 23.8 Å². The van der Waals surface area contributed by atoms with Crippen LogP contribution in [-0.4, -0.2) is 16.6 Å². The van der Waals surface area contributed by atoms with Gasteiger partial charge in [0.2, 0.25) is 0 Å². The van der Waals surface area contributed by atoms with E-state index in [2.05, 4.69) is 30.1 Å². The van der Waals surface area contributed by atoms with Crippen LogP contribution in [0.25, 0.3) is 10.9 Å². The molecule has 1 aromatic carbocycles. The summed E-state index contributed by atoms with van der Waals surface area (Å²) in [6.45, 7) is 2.55. The Hall–Kier alpha value is -1.32. The number of nitrogens with one attached hydrogen (secondary N) is 1. The predicted octanol–water partition coefficient (Wildman–Crippen LogP) is 1.86. The van der Waals surface area contributed by atoms with E-state index in [1.165, 1.54) is 5.56 Å². The number of aliphatic hydroxyl groups excluding tert-OH is 1. The minimum Gasteiger partial charge on any atom is -0.387 e. The van der Waals surface area contributed by atoms with Crippen molar-refractivity contribution < 1.29 is 5.11 Å².